The van der Waals surface area contributed by atoms with Gasteiger partial charge >= 0.3 is 0 Å². The van der Waals surface area contributed by atoms with E-state index < -0.39 is 0 Å². The average molecular weight is 222 g/mol. The lowest BCUT2D eigenvalue weighted by Crippen LogP contribution is -2.19. The zero-order valence-corrected chi connectivity index (χ0v) is 11.2. The highest BCUT2D eigenvalue weighted by Crippen LogP contribution is 2.45. The predicted molar refractivity (Wildman–Crippen MR) is 67.6 cm³/mol. The average Bonchev–Trinajstić information content (AvgIpc) is 2.60. The van der Waals surface area contributed by atoms with Gasteiger partial charge in [-0.25, -0.2) is 0 Å². The lowest BCUT2D eigenvalue weighted by atomic mass is 9.85. The first-order chi connectivity index (χ1) is 7.56. The van der Waals surface area contributed by atoms with Crippen molar-refractivity contribution in [2.24, 2.45) is 0 Å². The van der Waals surface area contributed by atoms with E-state index in [1.54, 1.807) is 7.11 Å². The second-order valence-corrected chi connectivity index (χ2v) is 4.46. The standard InChI is InChI=1S/C12H16O2.C2H6/c1-8-5-6-9(13-4)10-11(8)14-7-12(10,2)3;1-2/h5-6H,7H2,1-4H3;1-2H3. The zero-order valence-electron chi connectivity index (χ0n) is 11.2. The van der Waals surface area contributed by atoms with Crippen molar-refractivity contribution < 1.29 is 9.47 Å². The van der Waals surface area contributed by atoms with E-state index in [9.17, 15) is 0 Å². The van der Waals surface area contributed by atoms with Crippen LogP contribution in [0.5, 0.6) is 11.5 Å². The molecule has 0 fully saturated rings. The summed E-state index contributed by atoms with van der Waals surface area (Å²) in [5.41, 5.74) is 2.46. The first-order valence-electron chi connectivity index (χ1n) is 5.87. The largest absolute Gasteiger partial charge is 0.496 e. The lowest BCUT2D eigenvalue weighted by molar-refractivity contribution is 0.288. The normalized spacial score (nSPS) is 15.6. The molecule has 16 heavy (non-hydrogen) atoms. The predicted octanol–water partition coefficient (Wildman–Crippen LogP) is 3.70. The van der Waals surface area contributed by atoms with Crippen LogP contribution in [0, 0.1) is 6.92 Å². The Bertz CT molecular complexity index is 367. The quantitative estimate of drug-likeness (QED) is 0.721. The van der Waals surface area contributed by atoms with Crippen molar-refractivity contribution in [1.29, 1.82) is 0 Å². The van der Waals surface area contributed by atoms with E-state index in [-0.39, 0.29) is 5.41 Å². The highest BCUT2D eigenvalue weighted by atomic mass is 16.5. The van der Waals surface area contributed by atoms with E-state index in [4.69, 9.17) is 9.47 Å². The van der Waals surface area contributed by atoms with Crippen molar-refractivity contribution in [3.8, 4) is 11.5 Å². The summed E-state index contributed by atoms with van der Waals surface area (Å²) in [5, 5.41) is 0. The maximum atomic E-state index is 5.71. The van der Waals surface area contributed by atoms with E-state index >= 15 is 0 Å². The van der Waals surface area contributed by atoms with Crippen molar-refractivity contribution in [3.05, 3.63) is 23.3 Å². The van der Waals surface area contributed by atoms with Gasteiger partial charge < -0.3 is 9.47 Å². The maximum Gasteiger partial charge on any atom is 0.129 e. The maximum absolute atomic E-state index is 5.71. The SMILES string of the molecule is CC.COc1ccc(C)c2c1C(C)(C)CO2. The number of rotatable bonds is 1. The fourth-order valence-corrected chi connectivity index (χ4v) is 1.99. The van der Waals surface area contributed by atoms with Gasteiger partial charge in [0.2, 0.25) is 0 Å². The topological polar surface area (TPSA) is 18.5 Å². The summed E-state index contributed by atoms with van der Waals surface area (Å²) in [6, 6.07) is 4.06. The Morgan fingerprint density at radius 2 is 1.88 bits per heavy atom. The van der Waals surface area contributed by atoms with E-state index in [1.807, 2.05) is 26.0 Å². The number of benzene rings is 1. The molecular formula is C14H22O2. The molecule has 0 spiro atoms. The summed E-state index contributed by atoms with van der Waals surface area (Å²) in [6.07, 6.45) is 0. The number of methoxy groups -OCH3 is 1. The number of hydrogen-bond donors (Lipinski definition) is 0. The van der Waals surface area contributed by atoms with E-state index in [0.717, 1.165) is 18.1 Å². The number of fused-ring (bicyclic) bond motifs is 1. The molecule has 0 saturated carbocycles. The highest BCUT2D eigenvalue weighted by molar-refractivity contribution is 5.55. The van der Waals surface area contributed by atoms with Crippen molar-refractivity contribution in [2.45, 2.75) is 40.0 Å². The van der Waals surface area contributed by atoms with Crippen LogP contribution in [0.3, 0.4) is 0 Å². The van der Waals surface area contributed by atoms with Gasteiger partial charge in [-0.1, -0.05) is 33.8 Å². The van der Waals surface area contributed by atoms with Crippen LogP contribution in [0.15, 0.2) is 12.1 Å². The Balaban J connectivity index is 0.000000606. The van der Waals surface area contributed by atoms with Crippen molar-refractivity contribution in [3.63, 3.8) is 0 Å². The van der Waals surface area contributed by atoms with Gasteiger partial charge in [0.15, 0.2) is 0 Å². The lowest BCUT2D eigenvalue weighted by Gasteiger charge is -2.18. The molecule has 1 aromatic rings. The monoisotopic (exact) mass is 222 g/mol. The molecule has 0 unspecified atom stereocenters. The molecule has 0 N–H and O–H groups in total. The minimum atomic E-state index is 0.0622. The smallest absolute Gasteiger partial charge is 0.129 e. The second kappa shape index (κ2) is 4.77. The molecule has 0 aromatic heterocycles. The van der Waals surface area contributed by atoms with Crippen LogP contribution < -0.4 is 9.47 Å². The molecule has 1 aromatic carbocycles. The van der Waals surface area contributed by atoms with Gasteiger partial charge in [-0.05, 0) is 18.6 Å². The molecule has 2 rings (SSSR count). The van der Waals surface area contributed by atoms with Gasteiger partial charge in [-0.3, -0.25) is 0 Å². The van der Waals surface area contributed by atoms with Crippen LogP contribution in [-0.4, -0.2) is 13.7 Å². The summed E-state index contributed by atoms with van der Waals surface area (Å²) >= 11 is 0. The molecule has 90 valence electrons. The van der Waals surface area contributed by atoms with Crippen LogP contribution in [0.25, 0.3) is 0 Å². The minimum Gasteiger partial charge on any atom is -0.496 e. The summed E-state index contributed by atoms with van der Waals surface area (Å²) in [4.78, 5) is 0. The number of ether oxygens (including phenoxy) is 2. The van der Waals surface area contributed by atoms with Gasteiger partial charge in [0, 0.05) is 11.0 Å². The second-order valence-electron chi connectivity index (χ2n) is 4.46. The molecule has 1 heterocycles. The highest BCUT2D eigenvalue weighted by Gasteiger charge is 2.35. The van der Waals surface area contributed by atoms with Crippen LogP contribution in [0.2, 0.25) is 0 Å². The number of aryl methyl sites for hydroxylation is 1. The Morgan fingerprint density at radius 3 is 2.44 bits per heavy atom. The summed E-state index contributed by atoms with van der Waals surface area (Å²) in [7, 11) is 1.71. The third-order valence-corrected chi connectivity index (χ3v) is 2.79. The fraction of sp³-hybridized carbons (Fsp3) is 0.571. The molecular weight excluding hydrogens is 200 g/mol. The Kier molecular flexibility index (Phi) is 3.84. The number of hydrogen-bond acceptors (Lipinski definition) is 2. The summed E-state index contributed by atoms with van der Waals surface area (Å²) < 4.78 is 11.1. The summed E-state index contributed by atoms with van der Waals surface area (Å²) in [5.74, 6) is 1.95. The molecule has 0 bridgehead atoms. The van der Waals surface area contributed by atoms with Crippen LogP contribution >= 0.6 is 0 Å². The molecule has 2 nitrogen and oxygen atoms in total. The first kappa shape index (κ1) is 12.9. The molecule has 0 aliphatic carbocycles. The van der Waals surface area contributed by atoms with E-state index in [0.29, 0.717) is 0 Å². The van der Waals surface area contributed by atoms with Gasteiger partial charge in [0.25, 0.3) is 0 Å². The Labute approximate surface area is 98.6 Å². The van der Waals surface area contributed by atoms with Crippen LogP contribution in [0.1, 0.15) is 38.8 Å². The molecule has 0 atom stereocenters. The van der Waals surface area contributed by atoms with Gasteiger partial charge in [0.05, 0.1) is 13.7 Å². The Morgan fingerprint density at radius 1 is 1.25 bits per heavy atom. The minimum absolute atomic E-state index is 0.0622. The first-order valence-corrected chi connectivity index (χ1v) is 5.87. The van der Waals surface area contributed by atoms with Crippen molar-refractivity contribution in [2.75, 3.05) is 13.7 Å². The van der Waals surface area contributed by atoms with Crippen molar-refractivity contribution >= 4 is 0 Å². The van der Waals surface area contributed by atoms with Crippen LogP contribution in [-0.2, 0) is 5.41 Å². The molecule has 0 radical (unpaired) electrons. The molecule has 0 amide bonds. The van der Waals surface area contributed by atoms with Gasteiger partial charge in [0.1, 0.15) is 11.5 Å². The third-order valence-electron chi connectivity index (χ3n) is 2.79. The van der Waals surface area contributed by atoms with Gasteiger partial charge in [-0.2, -0.15) is 0 Å². The van der Waals surface area contributed by atoms with Gasteiger partial charge in [-0.15, -0.1) is 0 Å². The van der Waals surface area contributed by atoms with E-state index in [1.165, 1.54) is 11.1 Å². The fourth-order valence-electron chi connectivity index (χ4n) is 1.99. The van der Waals surface area contributed by atoms with Crippen molar-refractivity contribution in [1.82, 2.24) is 0 Å². The molecule has 2 heteroatoms. The summed E-state index contributed by atoms with van der Waals surface area (Å²) in [6.45, 7) is 11.2. The third kappa shape index (κ3) is 2.01. The zero-order chi connectivity index (χ0) is 12.3. The molecule has 0 saturated heterocycles. The molecule has 1 aliphatic rings. The molecule has 1 aliphatic heterocycles. The van der Waals surface area contributed by atoms with E-state index in [2.05, 4.69) is 20.8 Å². The van der Waals surface area contributed by atoms with Crippen LogP contribution in [0.4, 0.5) is 0 Å². The Hall–Kier alpha value is -1.18.